The third-order valence-corrected chi connectivity index (χ3v) is 6.90. The molecule has 32 heavy (non-hydrogen) atoms. The van der Waals surface area contributed by atoms with Crippen molar-refractivity contribution in [2.45, 2.75) is 38.5 Å². The Hall–Kier alpha value is -2.60. The molecule has 0 radical (unpaired) electrons. The van der Waals surface area contributed by atoms with Crippen LogP contribution in [-0.4, -0.2) is 62.2 Å². The number of hydrogen-bond acceptors (Lipinski definition) is 5. The maximum Gasteiger partial charge on any atom is 0.227 e. The molecule has 6 nitrogen and oxygen atoms in total. The highest BCUT2D eigenvalue weighted by molar-refractivity contribution is 5.93. The average Bonchev–Trinajstić information content (AvgIpc) is 2.86. The number of rotatable bonds is 8. The Morgan fingerprint density at radius 3 is 2.47 bits per heavy atom. The van der Waals surface area contributed by atoms with Crippen molar-refractivity contribution in [3.8, 4) is 5.75 Å². The standard InChI is InChI=1S/C26H36N4O2/c1-32-25-10-6-5-9-24(25)29-18-15-28(16-19-29)17-20-30(23-11-13-27-14-12-23)26(31)21-22-7-3-2-4-8-22/h5-6,9-14,22H,2-4,7-8,15-21H2,1H3. The van der Waals surface area contributed by atoms with Crippen molar-refractivity contribution in [3.63, 3.8) is 0 Å². The topological polar surface area (TPSA) is 48.9 Å². The van der Waals surface area contributed by atoms with Crippen molar-refractivity contribution in [2.75, 3.05) is 56.2 Å². The fourth-order valence-corrected chi connectivity index (χ4v) is 5.02. The summed E-state index contributed by atoms with van der Waals surface area (Å²) >= 11 is 0. The monoisotopic (exact) mass is 436 g/mol. The number of carbonyl (C=O) groups is 1. The third-order valence-electron chi connectivity index (χ3n) is 6.90. The first-order valence-electron chi connectivity index (χ1n) is 12.1. The number of pyridine rings is 1. The van der Waals surface area contributed by atoms with Gasteiger partial charge in [-0.15, -0.1) is 0 Å². The van der Waals surface area contributed by atoms with Crippen molar-refractivity contribution in [2.24, 2.45) is 5.92 Å². The van der Waals surface area contributed by atoms with Crippen LogP contribution in [0, 0.1) is 5.92 Å². The first-order valence-corrected chi connectivity index (χ1v) is 12.1. The van der Waals surface area contributed by atoms with Crippen molar-refractivity contribution in [1.29, 1.82) is 0 Å². The molecule has 2 aromatic rings. The van der Waals surface area contributed by atoms with E-state index in [1.807, 2.05) is 29.2 Å². The summed E-state index contributed by atoms with van der Waals surface area (Å²) in [5.41, 5.74) is 2.13. The number of para-hydroxylation sites is 2. The molecule has 4 rings (SSSR count). The Bertz CT molecular complexity index is 846. The lowest BCUT2D eigenvalue weighted by Crippen LogP contribution is -2.49. The lowest BCUT2D eigenvalue weighted by Gasteiger charge is -2.37. The quantitative estimate of drug-likeness (QED) is 0.620. The van der Waals surface area contributed by atoms with Gasteiger partial charge in [-0.3, -0.25) is 14.7 Å². The molecule has 0 unspecified atom stereocenters. The Morgan fingerprint density at radius 1 is 1.03 bits per heavy atom. The summed E-state index contributed by atoms with van der Waals surface area (Å²) in [6.45, 7) is 5.51. The molecule has 1 aliphatic heterocycles. The second-order valence-corrected chi connectivity index (χ2v) is 8.96. The number of aromatic nitrogens is 1. The molecule has 1 aromatic carbocycles. The highest BCUT2D eigenvalue weighted by atomic mass is 16.5. The summed E-state index contributed by atoms with van der Waals surface area (Å²) in [7, 11) is 1.73. The van der Waals surface area contributed by atoms with Gasteiger partial charge in [0.25, 0.3) is 0 Å². The Balaban J connectivity index is 1.33. The molecule has 1 amide bonds. The van der Waals surface area contributed by atoms with E-state index in [4.69, 9.17) is 4.74 Å². The van der Waals surface area contributed by atoms with E-state index >= 15 is 0 Å². The van der Waals surface area contributed by atoms with Gasteiger partial charge in [-0.05, 0) is 43.0 Å². The second kappa shape index (κ2) is 11.3. The minimum absolute atomic E-state index is 0.260. The number of nitrogens with zero attached hydrogens (tertiary/aromatic N) is 4. The number of ether oxygens (including phenoxy) is 1. The summed E-state index contributed by atoms with van der Waals surface area (Å²) < 4.78 is 5.54. The van der Waals surface area contributed by atoms with Crippen LogP contribution in [0.4, 0.5) is 11.4 Å². The first-order chi connectivity index (χ1) is 15.7. The molecule has 0 bridgehead atoms. The van der Waals surface area contributed by atoms with Crippen LogP contribution in [0.15, 0.2) is 48.8 Å². The van der Waals surface area contributed by atoms with E-state index in [-0.39, 0.29) is 5.91 Å². The molecule has 1 aliphatic carbocycles. The third kappa shape index (κ3) is 5.80. The van der Waals surface area contributed by atoms with Crippen LogP contribution < -0.4 is 14.5 Å². The normalized spacial score (nSPS) is 17.8. The van der Waals surface area contributed by atoms with E-state index in [2.05, 4.69) is 26.9 Å². The van der Waals surface area contributed by atoms with Gasteiger partial charge in [-0.1, -0.05) is 31.4 Å². The molecule has 2 aliphatic rings. The van der Waals surface area contributed by atoms with E-state index in [1.165, 1.54) is 32.1 Å². The Labute approximate surface area is 192 Å². The van der Waals surface area contributed by atoms with Crippen LogP contribution in [0.5, 0.6) is 5.75 Å². The molecule has 172 valence electrons. The largest absolute Gasteiger partial charge is 0.495 e. The highest BCUT2D eigenvalue weighted by Crippen LogP contribution is 2.29. The minimum atomic E-state index is 0.260. The molecule has 1 saturated heterocycles. The average molecular weight is 437 g/mol. The molecule has 1 aromatic heterocycles. The molecule has 1 saturated carbocycles. The number of benzene rings is 1. The number of methoxy groups -OCH3 is 1. The number of carbonyl (C=O) groups excluding carboxylic acids is 1. The van der Waals surface area contributed by atoms with E-state index < -0.39 is 0 Å². The van der Waals surface area contributed by atoms with Gasteiger partial charge < -0.3 is 14.5 Å². The summed E-state index contributed by atoms with van der Waals surface area (Å²) in [4.78, 5) is 24.2. The zero-order valence-corrected chi connectivity index (χ0v) is 19.3. The van der Waals surface area contributed by atoms with E-state index in [0.29, 0.717) is 12.3 Å². The van der Waals surface area contributed by atoms with E-state index in [9.17, 15) is 4.79 Å². The molecule has 0 N–H and O–H groups in total. The van der Waals surface area contributed by atoms with Gasteiger partial charge in [0.2, 0.25) is 5.91 Å². The van der Waals surface area contributed by atoms with Crippen molar-refractivity contribution in [3.05, 3.63) is 48.8 Å². The predicted octanol–water partition coefficient (Wildman–Crippen LogP) is 4.22. The van der Waals surface area contributed by atoms with Crippen molar-refractivity contribution >= 4 is 17.3 Å². The Morgan fingerprint density at radius 2 is 1.75 bits per heavy atom. The number of hydrogen-bond donors (Lipinski definition) is 0. The zero-order valence-electron chi connectivity index (χ0n) is 19.3. The number of amides is 1. The van der Waals surface area contributed by atoms with Crippen LogP contribution in [0.2, 0.25) is 0 Å². The molecular weight excluding hydrogens is 400 g/mol. The Kier molecular flexibility index (Phi) is 7.99. The zero-order chi connectivity index (χ0) is 22.2. The molecule has 2 heterocycles. The number of piperazine rings is 1. The van der Waals surface area contributed by atoms with Gasteiger partial charge in [0.05, 0.1) is 12.8 Å². The summed E-state index contributed by atoms with van der Waals surface area (Å²) in [5.74, 6) is 1.74. The number of anilines is 2. The smallest absolute Gasteiger partial charge is 0.227 e. The van der Waals surface area contributed by atoms with Gasteiger partial charge in [0, 0.05) is 63.8 Å². The van der Waals surface area contributed by atoms with Gasteiger partial charge in [-0.25, -0.2) is 0 Å². The molecule has 0 atom stereocenters. The van der Waals surface area contributed by atoms with Gasteiger partial charge >= 0.3 is 0 Å². The second-order valence-electron chi connectivity index (χ2n) is 8.96. The fourth-order valence-electron chi connectivity index (χ4n) is 5.02. The van der Waals surface area contributed by atoms with E-state index in [0.717, 1.165) is 56.4 Å². The highest BCUT2D eigenvalue weighted by Gasteiger charge is 2.24. The lowest BCUT2D eigenvalue weighted by molar-refractivity contribution is -0.119. The van der Waals surface area contributed by atoms with E-state index in [1.54, 1.807) is 19.5 Å². The maximum absolute atomic E-state index is 13.3. The minimum Gasteiger partial charge on any atom is -0.495 e. The lowest BCUT2D eigenvalue weighted by atomic mass is 9.86. The first kappa shape index (κ1) is 22.6. The van der Waals surface area contributed by atoms with Crippen molar-refractivity contribution < 1.29 is 9.53 Å². The van der Waals surface area contributed by atoms with Crippen LogP contribution in [0.25, 0.3) is 0 Å². The summed E-state index contributed by atoms with van der Waals surface area (Å²) in [6, 6.07) is 12.1. The molecule has 6 heteroatoms. The van der Waals surface area contributed by atoms with Crippen LogP contribution in [-0.2, 0) is 4.79 Å². The molecular formula is C26H36N4O2. The van der Waals surface area contributed by atoms with Crippen LogP contribution in [0.1, 0.15) is 38.5 Å². The van der Waals surface area contributed by atoms with Gasteiger partial charge in [-0.2, -0.15) is 0 Å². The maximum atomic E-state index is 13.3. The van der Waals surface area contributed by atoms with Crippen molar-refractivity contribution in [1.82, 2.24) is 9.88 Å². The predicted molar refractivity (Wildman–Crippen MR) is 129 cm³/mol. The molecule has 2 fully saturated rings. The summed E-state index contributed by atoms with van der Waals surface area (Å²) in [5, 5.41) is 0. The summed E-state index contributed by atoms with van der Waals surface area (Å²) in [6.07, 6.45) is 10.5. The van der Waals surface area contributed by atoms with Crippen LogP contribution in [0.3, 0.4) is 0 Å². The van der Waals surface area contributed by atoms with Crippen LogP contribution >= 0.6 is 0 Å². The SMILES string of the molecule is COc1ccccc1N1CCN(CCN(C(=O)CC2CCCCC2)c2ccncc2)CC1. The fraction of sp³-hybridized carbons (Fsp3) is 0.538. The van der Waals surface area contributed by atoms with Gasteiger partial charge in [0.1, 0.15) is 5.75 Å². The molecule has 0 spiro atoms. The van der Waals surface area contributed by atoms with Gasteiger partial charge in [0.15, 0.2) is 0 Å².